The Morgan fingerprint density at radius 1 is 1.41 bits per heavy atom. The molecule has 2 atom stereocenters. The fourth-order valence-corrected chi connectivity index (χ4v) is 1.94. The quantitative estimate of drug-likeness (QED) is 0.810. The average Bonchev–Trinajstić information content (AvgIpc) is 2.43. The highest BCUT2D eigenvalue weighted by Gasteiger charge is 2.34. The predicted molar refractivity (Wildman–Crippen MR) is 75.9 cm³/mol. The van der Waals surface area contributed by atoms with Gasteiger partial charge in [0.1, 0.15) is 23.8 Å². The summed E-state index contributed by atoms with van der Waals surface area (Å²) in [4.78, 5) is 12.7. The zero-order valence-electron chi connectivity index (χ0n) is 12.1. The van der Waals surface area contributed by atoms with Crippen LogP contribution in [0, 0.1) is 0 Å². The molecule has 8 heteroatoms. The maximum absolute atomic E-state index is 12.8. The molecule has 2 unspecified atom stereocenters. The number of hydrogen-bond donors (Lipinski definition) is 1. The fourth-order valence-electron chi connectivity index (χ4n) is 1.78. The third-order valence-corrected chi connectivity index (χ3v) is 3.01. The van der Waals surface area contributed by atoms with Gasteiger partial charge < -0.3 is 14.7 Å². The molecule has 22 heavy (non-hydrogen) atoms. The third-order valence-electron chi connectivity index (χ3n) is 2.82. The zero-order chi connectivity index (χ0) is 16.9. The molecule has 0 spiro atoms. The second-order valence-corrected chi connectivity index (χ2v) is 5.45. The summed E-state index contributed by atoms with van der Waals surface area (Å²) in [6.07, 6.45) is -5.67. The Balaban J connectivity index is 2.62. The van der Waals surface area contributed by atoms with Crippen molar-refractivity contribution in [3.8, 4) is 5.75 Å². The predicted octanol–water partition coefficient (Wildman–Crippen LogP) is 2.53. The lowest BCUT2D eigenvalue weighted by Gasteiger charge is -2.22. The van der Waals surface area contributed by atoms with Crippen LogP contribution in [0.4, 0.5) is 13.2 Å². The largest absolute Gasteiger partial charge is 0.490 e. The van der Waals surface area contributed by atoms with E-state index in [4.69, 9.17) is 16.3 Å². The van der Waals surface area contributed by atoms with Crippen LogP contribution in [-0.2, 0) is 11.0 Å². The summed E-state index contributed by atoms with van der Waals surface area (Å²) in [5.74, 6) is -0.759. The van der Waals surface area contributed by atoms with Gasteiger partial charge in [-0.25, -0.2) is 0 Å². The number of nitrogens with zero attached hydrogens (tertiary/aromatic N) is 1. The van der Waals surface area contributed by atoms with E-state index in [0.29, 0.717) is 0 Å². The van der Waals surface area contributed by atoms with Crippen LogP contribution in [0.5, 0.6) is 5.75 Å². The van der Waals surface area contributed by atoms with E-state index in [1.54, 1.807) is 0 Å². The van der Waals surface area contributed by atoms with Crippen LogP contribution in [0.2, 0.25) is 0 Å². The number of aliphatic hydroxyl groups excluding tert-OH is 1. The highest BCUT2D eigenvalue weighted by molar-refractivity contribution is 6.30. The second-order valence-electron chi connectivity index (χ2n) is 4.79. The first kappa shape index (κ1) is 18.6. The molecule has 0 heterocycles. The van der Waals surface area contributed by atoms with Crippen molar-refractivity contribution in [1.82, 2.24) is 4.90 Å². The van der Waals surface area contributed by atoms with E-state index in [-0.39, 0.29) is 18.9 Å². The van der Waals surface area contributed by atoms with Crippen LogP contribution in [0.3, 0.4) is 0 Å². The van der Waals surface area contributed by atoms with Gasteiger partial charge in [0.05, 0.1) is 5.56 Å². The summed E-state index contributed by atoms with van der Waals surface area (Å²) in [7, 11) is 1.44. The van der Waals surface area contributed by atoms with Crippen molar-refractivity contribution < 1.29 is 27.8 Å². The Bertz CT molecular complexity index is 508. The fraction of sp³-hybridized carbons (Fsp3) is 0.500. The van der Waals surface area contributed by atoms with Crippen LogP contribution in [0.1, 0.15) is 12.5 Å². The highest BCUT2D eigenvalue weighted by Crippen LogP contribution is 2.35. The summed E-state index contributed by atoms with van der Waals surface area (Å²) in [5, 5.41) is 9.02. The van der Waals surface area contributed by atoms with Crippen molar-refractivity contribution in [3.05, 3.63) is 29.8 Å². The van der Waals surface area contributed by atoms with Gasteiger partial charge >= 0.3 is 6.18 Å². The van der Waals surface area contributed by atoms with E-state index in [1.165, 1.54) is 37.1 Å². The molecule has 0 saturated heterocycles. The Morgan fingerprint density at radius 3 is 2.55 bits per heavy atom. The van der Waals surface area contributed by atoms with E-state index in [1.807, 2.05) is 0 Å². The van der Waals surface area contributed by atoms with Crippen molar-refractivity contribution in [2.24, 2.45) is 0 Å². The SMILES string of the molecule is CC(Cl)C(=O)N(C)CC(O)COc1ccccc1C(F)(F)F. The zero-order valence-corrected chi connectivity index (χ0v) is 12.9. The van der Waals surface area contributed by atoms with E-state index in [9.17, 15) is 23.1 Å². The number of rotatable bonds is 6. The van der Waals surface area contributed by atoms with Crippen molar-refractivity contribution in [2.45, 2.75) is 24.6 Å². The molecule has 0 aliphatic rings. The highest BCUT2D eigenvalue weighted by atomic mass is 35.5. The maximum Gasteiger partial charge on any atom is 0.419 e. The number of halogens is 4. The molecular weight excluding hydrogens is 323 g/mol. The summed E-state index contributed by atoms with van der Waals surface area (Å²) >= 11 is 5.62. The molecule has 0 aliphatic carbocycles. The molecule has 0 aromatic heterocycles. The lowest BCUT2D eigenvalue weighted by molar-refractivity contribution is -0.139. The first-order chi connectivity index (χ1) is 10.1. The van der Waals surface area contributed by atoms with Crippen LogP contribution in [0.15, 0.2) is 24.3 Å². The van der Waals surface area contributed by atoms with Gasteiger partial charge in [-0.05, 0) is 19.1 Å². The minimum atomic E-state index is -4.54. The first-order valence-corrected chi connectivity index (χ1v) is 6.92. The van der Waals surface area contributed by atoms with Gasteiger partial charge in [-0.3, -0.25) is 4.79 Å². The Kier molecular flexibility index (Phi) is 6.49. The molecular formula is C14H17ClF3NO3. The molecule has 0 saturated carbocycles. The van der Waals surface area contributed by atoms with Crippen LogP contribution in [0.25, 0.3) is 0 Å². The molecule has 4 nitrogen and oxygen atoms in total. The van der Waals surface area contributed by atoms with E-state index >= 15 is 0 Å². The molecule has 0 aliphatic heterocycles. The average molecular weight is 340 g/mol. The molecule has 1 amide bonds. The topological polar surface area (TPSA) is 49.8 Å². The number of hydrogen-bond acceptors (Lipinski definition) is 3. The number of benzene rings is 1. The van der Waals surface area contributed by atoms with Crippen LogP contribution >= 0.6 is 11.6 Å². The monoisotopic (exact) mass is 339 g/mol. The summed E-state index contributed by atoms with van der Waals surface area (Å²) in [6, 6.07) is 4.72. The smallest absolute Gasteiger partial charge is 0.419 e. The molecule has 1 rings (SSSR count). The van der Waals surface area contributed by atoms with E-state index < -0.39 is 29.1 Å². The standard InChI is InChI=1S/C14H17ClF3NO3/c1-9(15)13(21)19(2)7-10(20)8-22-12-6-4-3-5-11(12)14(16,17)18/h3-6,9-10,20H,7-8H2,1-2H3. The molecule has 0 bridgehead atoms. The van der Waals surface area contributed by atoms with E-state index in [2.05, 4.69) is 0 Å². The van der Waals surface area contributed by atoms with Gasteiger partial charge in [-0.2, -0.15) is 13.2 Å². The Labute approximate surface area is 131 Å². The van der Waals surface area contributed by atoms with Gasteiger partial charge in [0.2, 0.25) is 5.91 Å². The van der Waals surface area contributed by atoms with Crippen molar-refractivity contribution in [2.75, 3.05) is 20.2 Å². The Morgan fingerprint density at radius 2 is 2.00 bits per heavy atom. The molecule has 0 fully saturated rings. The molecule has 124 valence electrons. The van der Waals surface area contributed by atoms with Crippen molar-refractivity contribution in [1.29, 1.82) is 0 Å². The summed E-state index contributed by atoms with van der Waals surface area (Å²) in [5.41, 5.74) is -0.916. The lowest BCUT2D eigenvalue weighted by Crippen LogP contribution is -2.39. The Hall–Kier alpha value is -1.47. The van der Waals surface area contributed by atoms with Gasteiger partial charge in [0.15, 0.2) is 0 Å². The molecule has 0 radical (unpaired) electrons. The molecule has 1 aromatic rings. The van der Waals surface area contributed by atoms with Gasteiger partial charge in [0, 0.05) is 13.6 Å². The first-order valence-electron chi connectivity index (χ1n) is 6.49. The minimum absolute atomic E-state index is 0.0932. The third kappa shape index (κ3) is 5.38. The molecule has 1 N–H and O–H groups in total. The number of para-hydroxylation sites is 1. The number of amides is 1. The molecule has 1 aromatic carbocycles. The number of likely N-dealkylation sites (N-methyl/N-ethyl adjacent to an activating group) is 1. The van der Waals surface area contributed by atoms with Gasteiger partial charge in [-0.1, -0.05) is 12.1 Å². The summed E-state index contributed by atoms with van der Waals surface area (Å²) < 4.78 is 43.3. The van der Waals surface area contributed by atoms with Crippen molar-refractivity contribution >= 4 is 17.5 Å². The van der Waals surface area contributed by atoms with Crippen molar-refractivity contribution in [3.63, 3.8) is 0 Å². The number of alkyl halides is 4. The summed E-state index contributed by atoms with van der Waals surface area (Å²) in [6.45, 7) is 1.02. The second kappa shape index (κ2) is 7.69. The van der Waals surface area contributed by atoms with Gasteiger partial charge in [-0.15, -0.1) is 11.6 Å². The number of ether oxygens (including phenoxy) is 1. The number of carbonyl (C=O) groups is 1. The van der Waals surface area contributed by atoms with Gasteiger partial charge in [0.25, 0.3) is 0 Å². The lowest BCUT2D eigenvalue weighted by atomic mass is 10.2. The van der Waals surface area contributed by atoms with Crippen LogP contribution < -0.4 is 4.74 Å². The maximum atomic E-state index is 12.8. The van der Waals surface area contributed by atoms with E-state index in [0.717, 1.165) is 6.07 Å². The van der Waals surface area contributed by atoms with Crippen LogP contribution in [-0.4, -0.2) is 47.6 Å². The number of carbonyl (C=O) groups excluding carboxylic acids is 1. The normalized spacial score (nSPS) is 14.3. The minimum Gasteiger partial charge on any atom is -0.490 e. The number of aliphatic hydroxyl groups is 1.